The number of oxime groups is 1. The van der Waals surface area contributed by atoms with E-state index >= 15 is 0 Å². The summed E-state index contributed by atoms with van der Waals surface area (Å²) in [4.78, 5) is 0. The molecule has 1 heterocycles. The molecule has 4 N–H and O–H groups in total. The monoisotopic (exact) mass is 217 g/mol. The van der Waals surface area contributed by atoms with Gasteiger partial charge in [0.15, 0.2) is 0 Å². The van der Waals surface area contributed by atoms with Crippen molar-refractivity contribution in [1.29, 1.82) is 0 Å². The molecule has 5 heteroatoms. The van der Waals surface area contributed by atoms with Crippen LogP contribution in [0.3, 0.4) is 0 Å². The van der Waals surface area contributed by atoms with Crippen molar-refractivity contribution in [3.05, 3.63) is 0 Å². The van der Waals surface area contributed by atoms with Crippen LogP contribution in [-0.2, 0) is 0 Å². The Labute approximate surface area is 89.3 Å². The van der Waals surface area contributed by atoms with Crippen LogP contribution >= 0.6 is 11.8 Å². The lowest BCUT2D eigenvalue weighted by Crippen LogP contribution is -2.28. The van der Waals surface area contributed by atoms with Crippen LogP contribution in [-0.4, -0.2) is 35.6 Å². The second-order valence-corrected chi connectivity index (χ2v) is 4.83. The van der Waals surface area contributed by atoms with Gasteiger partial charge in [0.05, 0.1) is 0 Å². The Morgan fingerprint density at radius 1 is 1.50 bits per heavy atom. The molecule has 0 radical (unpaired) electrons. The molecule has 82 valence electrons. The highest BCUT2D eigenvalue weighted by molar-refractivity contribution is 7.99. The third-order valence-electron chi connectivity index (χ3n) is 2.46. The third kappa shape index (κ3) is 4.72. The minimum Gasteiger partial charge on any atom is -0.409 e. The van der Waals surface area contributed by atoms with Crippen LogP contribution in [0.25, 0.3) is 0 Å². The molecule has 1 aliphatic heterocycles. The summed E-state index contributed by atoms with van der Waals surface area (Å²) in [5.41, 5.74) is 5.35. The van der Waals surface area contributed by atoms with Crippen LogP contribution in [0.15, 0.2) is 5.16 Å². The van der Waals surface area contributed by atoms with E-state index in [4.69, 9.17) is 10.9 Å². The second kappa shape index (κ2) is 6.95. The van der Waals surface area contributed by atoms with Crippen LogP contribution in [0.4, 0.5) is 0 Å². The van der Waals surface area contributed by atoms with Crippen molar-refractivity contribution in [2.75, 3.05) is 24.6 Å². The highest BCUT2D eigenvalue weighted by Gasteiger charge is 2.12. The van der Waals surface area contributed by atoms with Gasteiger partial charge in [0.2, 0.25) is 0 Å². The number of hydrogen-bond acceptors (Lipinski definition) is 4. The number of hydrogen-bond donors (Lipinski definition) is 3. The van der Waals surface area contributed by atoms with E-state index < -0.39 is 0 Å². The average Bonchev–Trinajstić information content (AvgIpc) is 2.25. The van der Waals surface area contributed by atoms with Crippen molar-refractivity contribution >= 4 is 17.6 Å². The summed E-state index contributed by atoms with van der Waals surface area (Å²) in [5, 5.41) is 14.6. The molecular formula is C9H19N3OS. The summed E-state index contributed by atoms with van der Waals surface area (Å²) in [5.74, 6) is 3.72. The Kier molecular flexibility index (Phi) is 5.78. The van der Waals surface area contributed by atoms with E-state index in [1.807, 2.05) is 11.8 Å². The molecule has 0 spiro atoms. The lowest BCUT2D eigenvalue weighted by molar-refractivity contribution is 0.316. The van der Waals surface area contributed by atoms with Crippen LogP contribution in [0.1, 0.15) is 19.3 Å². The van der Waals surface area contributed by atoms with E-state index in [0.29, 0.717) is 12.3 Å². The topological polar surface area (TPSA) is 70.6 Å². The van der Waals surface area contributed by atoms with E-state index in [0.717, 1.165) is 19.0 Å². The van der Waals surface area contributed by atoms with Crippen molar-refractivity contribution in [1.82, 2.24) is 5.32 Å². The van der Waals surface area contributed by atoms with E-state index in [1.54, 1.807) is 0 Å². The fraction of sp³-hybridized carbons (Fsp3) is 0.889. The molecule has 0 aliphatic carbocycles. The molecule has 1 fully saturated rings. The molecule has 0 saturated carbocycles. The standard InChI is InChI=1S/C9H19N3OS/c10-9(12-13)1-4-11-7-8-2-5-14-6-3-8/h8,11,13H,1-7H2,(H2,10,12). The lowest BCUT2D eigenvalue weighted by Gasteiger charge is -2.21. The van der Waals surface area contributed by atoms with Crippen molar-refractivity contribution in [3.63, 3.8) is 0 Å². The van der Waals surface area contributed by atoms with Gasteiger partial charge < -0.3 is 16.3 Å². The first-order valence-corrected chi connectivity index (χ1v) is 6.23. The number of nitrogens with one attached hydrogen (secondary N) is 1. The number of amidine groups is 1. The summed E-state index contributed by atoms with van der Waals surface area (Å²) >= 11 is 2.05. The third-order valence-corrected chi connectivity index (χ3v) is 3.51. The molecular weight excluding hydrogens is 198 g/mol. The van der Waals surface area contributed by atoms with Gasteiger partial charge in [0, 0.05) is 13.0 Å². The summed E-state index contributed by atoms with van der Waals surface area (Å²) < 4.78 is 0. The SMILES string of the molecule is NC(CCNCC1CCSCC1)=NO. The Bertz CT molecular complexity index is 181. The van der Waals surface area contributed by atoms with Gasteiger partial charge in [0.1, 0.15) is 5.84 Å². The van der Waals surface area contributed by atoms with Crippen molar-refractivity contribution in [3.8, 4) is 0 Å². The van der Waals surface area contributed by atoms with Crippen LogP contribution in [0.2, 0.25) is 0 Å². The van der Waals surface area contributed by atoms with Crippen molar-refractivity contribution in [2.45, 2.75) is 19.3 Å². The highest BCUT2D eigenvalue weighted by Crippen LogP contribution is 2.21. The number of nitrogens with zero attached hydrogens (tertiary/aromatic N) is 1. The summed E-state index contributed by atoms with van der Waals surface area (Å²) in [6, 6.07) is 0. The maximum atomic E-state index is 8.32. The summed E-state index contributed by atoms with van der Waals surface area (Å²) in [6.45, 7) is 1.87. The van der Waals surface area contributed by atoms with E-state index in [1.165, 1.54) is 24.3 Å². The molecule has 1 saturated heterocycles. The van der Waals surface area contributed by atoms with Crippen LogP contribution in [0.5, 0.6) is 0 Å². The maximum Gasteiger partial charge on any atom is 0.140 e. The van der Waals surface area contributed by atoms with Gasteiger partial charge in [-0.2, -0.15) is 11.8 Å². The molecule has 0 aromatic rings. The van der Waals surface area contributed by atoms with E-state index in [2.05, 4.69) is 10.5 Å². The number of nitrogens with two attached hydrogens (primary N) is 1. The zero-order valence-corrected chi connectivity index (χ0v) is 9.22. The molecule has 0 amide bonds. The van der Waals surface area contributed by atoms with Gasteiger partial charge in [-0.15, -0.1) is 0 Å². The molecule has 4 nitrogen and oxygen atoms in total. The zero-order chi connectivity index (χ0) is 10.2. The van der Waals surface area contributed by atoms with Crippen molar-refractivity contribution < 1.29 is 5.21 Å². The van der Waals surface area contributed by atoms with Gasteiger partial charge in [-0.05, 0) is 36.8 Å². The summed E-state index contributed by atoms with van der Waals surface area (Å²) in [6.07, 6.45) is 3.26. The molecule has 0 bridgehead atoms. The first-order valence-electron chi connectivity index (χ1n) is 5.08. The van der Waals surface area contributed by atoms with Crippen LogP contribution in [0, 0.1) is 5.92 Å². The van der Waals surface area contributed by atoms with Gasteiger partial charge in [-0.3, -0.25) is 0 Å². The Balaban J connectivity index is 1.97. The first kappa shape index (κ1) is 11.7. The molecule has 1 rings (SSSR count). The highest BCUT2D eigenvalue weighted by atomic mass is 32.2. The van der Waals surface area contributed by atoms with Crippen LogP contribution < -0.4 is 11.1 Å². The van der Waals surface area contributed by atoms with Gasteiger partial charge in [0.25, 0.3) is 0 Å². The second-order valence-electron chi connectivity index (χ2n) is 3.60. The molecule has 14 heavy (non-hydrogen) atoms. The van der Waals surface area contributed by atoms with Gasteiger partial charge in [-0.1, -0.05) is 5.16 Å². The molecule has 1 aliphatic rings. The average molecular weight is 217 g/mol. The number of rotatable bonds is 5. The van der Waals surface area contributed by atoms with Crippen molar-refractivity contribution in [2.24, 2.45) is 16.8 Å². The normalized spacial score (nSPS) is 19.9. The Morgan fingerprint density at radius 3 is 2.86 bits per heavy atom. The minimum atomic E-state index is 0.302. The zero-order valence-electron chi connectivity index (χ0n) is 8.41. The largest absolute Gasteiger partial charge is 0.409 e. The quantitative estimate of drug-likeness (QED) is 0.210. The van der Waals surface area contributed by atoms with E-state index in [9.17, 15) is 0 Å². The fourth-order valence-electron chi connectivity index (χ4n) is 1.52. The fourth-order valence-corrected chi connectivity index (χ4v) is 2.73. The Hall–Kier alpha value is -0.420. The Morgan fingerprint density at radius 2 is 2.21 bits per heavy atom. The van der Waals surface area contributed by atoms with E-state index in [-0.39, 0.29) is 0 Å². The molecule has 0 atom stereocenters. The lowest BCUT2D eigenvalue weighted by atomic mass is 10.0. The summed E-state index contributed by atoms with van der Waals surface area (Å²) in [7, 11) is 0. The smallest absolute Gasteiger partial charge is 0.140 e. The number of thioether (sulfide) groups is 1. The molecule has 0 unspecified atom stereocenters. The predicted octanol–water partition coefficient (Wildman–Crippen LogP) is 0.856. The molecule has 0 aromatic heterocycles. The molecule has 0 aromatic carbocycles. The van der Waals surface area contributed by atoms with Gasteiger partial charge >= 0.3 is 0 Å². The predicted molar refractivity (Wildman–Crippen MR) is 60.9 cm³/mol. The van der Waals surface area contributed by atoms with Gasteiger partial charge in [-0.25, -0.2) is 0 Å². The minimum absolute atomic E-state index is 0.302. The first-order chi connectivity index (χ1) is 6.83. The maximum absolute atomic E-state index is 8.32.